The summed E-state index contributed by atoms with van der Waals surface area (Å²) in [6, 6.07) is 14.9. The number of carbonyl (C=O) groups excluding carboxylic acids is 2. The Bertz CT molecular complexity index is 842. The summed E-state index contributed by atoms with van der Waals surface area (Å²) in [5.41, 5.74) is 2.12. The molecule has 29 heavy (non-hydrogen) atoms. The number of para-hydroxylation sites is 2. The predicted molar refractivity (Wildman–Crippen MR) is 115 cm³/mol. The monoisotopic (exact) mass is 394 g/mol. The average molecular weight is 395 g/mol. The molecule has 2 aromatic carbocycles. The summed E-state index contributed by atoms with van der Waals surface area (Å²) < 4.78 is 5.90. The van der Waals surface area contributed by atoms with E-state index in [1.54, 1.807) is 19.1 Å². The van der Waals surface area contributed by atoms with Gasteiger partial charge in [-0.1, -0.05) is 50.1 Å². The number of rotatable bonds is 6. The highest BCUT2D eigenvalue weighted by Gasteiger charge is 2.22. The number of aryl methyl sites for hydroxylation is 1. The Kier molecular flexibility index (Phi) is 7.28. The molecule has 0 bridgehead atoms. The van der Waals surface area contributed by atoms with Gasteiger partial charge in [0.05, 0.1) is 11.3 Å². The van der Waals surface area contributed by atoms with E-state index < -0.39 is 6.10 Å². The van der Waals surface area contributed by atoms with Gasteiger partial charge in [-0.05, 0) is 49.9 Å². The van der Waals surface area contributed by atoms with Crippen LogP contribution in [0.15, 0.2) is 48.5 Å². The SMILES string of the molecule is CCc1ccccc1O[C@H](C)C(=O)Nc1ccccc1C(=O)N1CCCCCC1. The third-order valence-electron chi connectivity index (χ3n) is 5.34. The number of anilines is 1. The predicted octanol–water partition coefficient (Wildman–Crippen LogP) is 4.67. The van der Waals surface area contributed by atoms with Crippen LogP contribution in [0.25, 0.3) is 0 Å². The lowest BCUT2D eigenvalue weighted by atomic mass is 10.1. The van der Waals surface area contributed by atoms with Crippen molar-refractivity contribution < 1.29 is 14.3 Å². The smallest absolute Gasteiger partial charge is 0.265 e. The maximum Gasteiger partial charge on any atom is 0.265 e. The van der Waals surface area contributed by atoms with Crippen LogP contribution < -0.4 is 10.1 Å². The van der Waals surface area contributed by atoms with Crippen molar-refractivity contribution in [3.05, 3.63) is 59.7 Å². The third-order valence-corrected chi connectivity index (χ3v) is 5.34. The Morgan fingerprint density at radius 2 is 1.66 bits per heavy atom. The highest BCUT2D eigenvalue weighted by Crippen LogP contribution is 2.22. The van der Waals surface area contributed by atoms with E-state index in [0.29, 0.717) is 17.0 Å². The van der Waals surface area contributed by atoms with Gasteiger partial charge in [0, 0.05) is 13.1 Å². The molecule has 5 heteroatoms. The fraction of sp³-hybridized carbons (Fsp3) is 0.417. The number of nitrogens with zero attached hydrogens (tertiary/aromatic N) is 1. The Hall–Kier alpha value is -2.82. The van der Waals surface area contributed by atoms with Crippen LogP contribution in [0.1, 0.15) is 55.5 Å². The molecule has 0 aromatic heterocycles. The van der Waals surface area contributed by atoms with Crippen LogP contribution in [0.3, 0.4) is 0 Å². The summed E-state index contributed by atoms with van der Waals surface area (Å²) in [6.45, 7) is 5.32. The van der Waals surface area contributed by atoms with Gasteiger partial charge in [-0.3, -0.25) is 9.59 Å². The maximum atomic E-state index is 13.0. The van der Waals surface area contributed by atoms with Crippen molar-refractivity contribution in [1.82, 2.24) is 4.90 Å². The molecule has 0 unspecified atom stereocenters. The van der Waals surface area contributed by atoms with E-state index in [2.05, 4.69) is 12.2 Å². The van der Waals surface area contributed by atoms with Gasteiger partial charge in [0.25, 0.3) is 11.8 Å². The van der Waals surface area contributed by atoms with E-state index in [9.17, 15) is 9.59 Å². The molecule has 1 aliphatic heterocycles. The molecule has 5 nitrogen and oxygen atoms in total. The molecule has 1 N–H and O–H groups in total. The zero-order chi connectivity index (χ0) is 20.6. The van der Waals surface area contributed by atoms with Crippen LogP contribution in [0.4, 0.5) is 5.69 Å². The van der Waals surface area contributed by atoms with Crippen molar-refractivity contribution in [2.24, 2.45) is 0 Å². The van der Waals surface area contributed by atoms with Crippen LogP contribution >= 0.6 is 0 Å². The van der Waals surface area contributed by atoms with Crippen molar-refractivity contribution >= 4 is 17.5 Å². The van der Waals surface area contributed by atoms with E-state index in [1.165, 1.54) is 0 Å². The lowest BCUT2D eigenvalue weighted by molar-refractivity contribution is -0.122. The van der Waals surface area contributed by atoms with Gasteiger partial charge in [0.15, 0.2) is 6.10 Å². The van der Waals surface area contributed by atoms with Gasteiger partial charge in [0.1, 0.15) is 5.75 Å². The minimum Gasteiger partial charge on any atom is -0.481 e. The Morgan fingerprint density at radius 1 is 1.00 bits per heavy atom. The Morgan fingerprint density at radius 3 is 2.38 bits per heavy atom. The van der Waals surface area contributed by atoms with E-state index in [4.69, 9.17) is 4.74 Å². The second-order valence-electron chi connectivity index (χ2n) is 7.46. The molecule has 3 rings (SSSR count). The molecule has 1 saturated heterocycles. The number of nitrogens with one attached hydrogen (secondary N) is 1. The standard InChI is InChI=1S/C24H30N2O3/c1-3-19-12-6-9-15-22(19)29-18(2)23(27)25-21-14-8-7-13-20(21)24(28)26-16-10-4-5-11-17-26/h6-9,12-15,18H,3-5,10-11,16-17H2,1-2H3,(H,25,27)/t18-/m1/s1. The van der Waals surface area contributed by atoms with Crippen molar-refractivity contribution in [3.8, 4) is 5.75 Å². The summed E-state index contributed by atoms with van der Waals surface area (Å²) in [4.78, 5) is 27.7. The summed E-state index contributed by atoms with van der Waals surface area (Å²) in [6.07, 6.45) is 4.54. The molecule has 0 aliphatic carbocycles. The topological polar surface area (TPSA) is 58.6 Å². The van der Waals surface area contributed by atoms with Crippen molar-refractivity contribution in [2.75, 3.05) is 18.4 Å². The van der Waals surface area contributed by atoms with Crippen LogP contribution in [-0.4, -0.2) is 35.9 Å². The van der Waals surface area contributed by atoms with Crippen molar-refractivity contribution in [2.45, 2.75) is 52.1 Å². The van der Waals surface area contributed by atoms with Gasteiger partial charge in [-0.25, -0.2) is 0 Å². The number of ether oxygens (including phenoxy) is 1. The van der Waals surface area contributed by atoms with Crippen molar-refractivity contribution in [1.29, 1.82) is 0 Å². The van der Waals surface area contributed by atoms with E-state index in [0.717, 1.165) is 50.8 Å². The molecule has 0 saturated carbocycles. The second kappa shape index (κ2) is 10.1. The second-order valence-corrected chi connectivity index (χ2v) is 7.46. The van der Waals surface area contributed by atoms with Gasteiger partial charge in [-0.15, -0.1) is 0 Å². The van der Waals surface area contributed by atoms with E-state index in [-0.39, 0.29) is 11.8 Å². The lowest BCUT2D eigenvalue weighted by Gasteiger charge is -2.22. The van der Waals surface area contributed by atoms with Crippen LogP contribution in [-0.2, 0) is 11.2 Å². The summed E-state index contributed by atoms with van der Waals surface area (Å²) >= 11 is 0. The van der Waals surface area contributed by atoms with Crippen LogP contribution in [0.5, 0.6) is 5.75 Å². The number of amides is 2. The van der Waals surface area contributed by atoms with Crippen LogP contribution in [0, 0.1) is 0 Å². The van der Waals surface area contributed by atoms with Gasteiger partial charge in [-0.2, -0.15) is 0 Å². The minimum absolute atomic E-state index is 0.0206. The third kappa shape index (κ3) is 5.37. The molecular weight excluding hydrogens is 364 g/mol. The molecule has 1 atom stereocenters. The summed E-state index contributed by atoms with van der Waals surface area (Å²) in [5.74, 6) is 0.423. The number of benzene rings is 2. The van der Waals surface area contributed by atoms with Gasteiger partial charge >= 0.3 is 0 Å². The fourth-order valence-electron chi connectivity index (χ4n) is 3.61. The average Bonchev–Trinajstić information content (AvgIpc) is 3.03. The number of carbonyl (C=O) groups is 2. The zero-order valence-electron chi connectivity index (χ0n) is 17.3. The molecule has 1 fully saturated rings. The Labute approximate surface area is 173 Å². The lowest BCUT2D eigenvalue weighted by Crippen LogP contribution is -2.34. The van der Waals surface area contributed by atoms with E-state index in [1.807, 2.05) is 41.3 Å². The molecular formula is C24H30N2O3. The van der Waals surface area contributed by atoms with Gasteiger partial charge < -0.3 is 15.0 Å². The quantitative estimate of drug-likeness (QED) is 0.774. The highest BCUT2D eigenvalue weighted by atomic mass is 16.5. The number of hydrogen-bond donors (Lipinski definition) is 1. The molecule has 0 radical (unpaired) electrons. The largest absolute Gasteiger partial charge is 0.481 e. The molecule has 1 aliphatic rings. The van der Waals surface area contributed by atoms with Crippen LogP contribution in [0.2, 0.25) is 0 Å². The molecule has 2 amide bonds. The van der Waals surface area contributed by atoms with Crippen molar-refractivity contribution in [3.63, 3.8) is 0 Å². The zero-order valence-corrected chi connectivity index (χ0v) is 17.3. The first-order chi connectivity index (χ1) is 14.1. The van der Waals surface area contributed by atoms with E-state index >= 15 is 0 Å². The summed E-state index contributed by atoms with van der Waals surface area (Å²) in [7, 11) is 0. The number of hydrogen-bond acceptors (Lipinski definition) is 3. The molecule has 2 aromatic rings. The first kappa shape index (κ1) is 20.9. The van der Waals surface area contributed by atoms with Gasteiger partial charge in [0.2, 0.25) is 0 Å². The first-order valence-corrected chi connectivity index (χ1v) is 10.5. The fourth-order valence-corrected chi connectivity index (χ4v) is 3.61. The normalized spacial score (nSPS) is 15.3. The first-order valence-electron chi connectivity index (χ1n) is 10.5. The summed E-state index contributed by atoms with van der Waals surface area (Å²) in [5, 5.41) is 2.89. The molecule has 0 spiro atoms. The highest BCUT2D eigenvalue weighted by molar-refractivity contribution is 6.04. The molecule has 154 valence electrons. The Balaban J connectivity index is 1.71. The maximum absolute atomic E-state index is 13.0. The minimum atomic E-state index is -0.677. The number of likely N-dealkylation sites (tertiary alicyclic amines) is 1. The molecule has 1 heterocycles.